The molecule has 3 aromatic rings. The van der Waals surface area contributed by atoms with E-state index < -0.39 is 5.60 Å². The van der Waals surface area contributed by atoms with Crippen LogP contribution in [0.1, 0.15) is 23.2 Å². The number of hydrogen-bond donors (Lipinski definition) is 0. The molecule has 3 heterocycles. The number of para-hydroxylation sites is 1. The van der Waals surface area contributed by atoms with Crippen LogP contribution in [-0.4, -0.2) is 45.1 Å². The quantitative estimate of drug-likeness (QED) is 0.671. The molecule has 0 aliphatic carbocycles. The van der Waals surface area contributed by atoms with Gasteiger partial charge in [0.25, 0.3) is 0 Å². The van der Waals surface area contributed by atoms with Crippen molar-refractivity contribution in [1.82, 2.24) is 14.7 Å². The van der Waals surface area contributed by atoms with Crippen molar-refractivity contribution in [2.75, 3.05) is 13.1 Å². The van der Waals surface area contributed by atoms with Gasteiger partial charge in [-0.2, -0.15) is 5.10 Å². The molecule has 5 rings (SSSR count). The Balaban J connectivity index is 1.26. The number of fused-ring (bicyclic) bond motifs is 1. The van der Waals surface area contributed by atoms with Gasteiger partial charge in [0, 0.05) is 24.7 Å². The minimum Gasteiger partial charge on any atom is -0.484 e. The lowest BCUT2D eigenvalue weighted by Gasteiger charge is -2.34. The second kappa shape index (κ2) is 7.09. The summed E-state index contributed by atoms with van der Waals surface area (Å²) in [5.41, 5.74) is 1.61. The number of halogens is 1. The van der Waals surface area contributed by atoms with Gasteiger partial charge in [-0.15, -0.1) is 0 Å². The normalized spacial score (nSPS) is 20.3. The lowest BCUT2D eigenvalue weighted by atomic mass is 9.89. The minimum absolute atomic E-state index is 0.0576. The monoisotopic (exact) mass is 405 g/mol. The highest BCUT2D eigenvalue weighted by Crippen LogP contribution is 2.38. The molecule has 1 saturated heterocycles. The number of rotatable bonds is 3. The van der Waals surface area contributed by atoms with Gasteiger partial charge in [-0.05, 0) is 29.8 Å². The van der Waals surface area contributed by atoms with Gasteiger partial charge < -0.3 is 9.64 Å². The van der Waals surface area contributed by atoms with Crippen LogP contribution in [0.4, 0.5) is 4.39 Å². The molecule has 30 heavy (non-hydrogen) atoms. The SMILES string of the molecule is O=C1CC2(CCN(C(=O)Cn3cc(-c4ccc(F)cc4)cn3)C2)Oc2ccccc21. The van der Waals surface area contributed by atoms with E-state index in [0.29, 0.717) is 30.8 Å². The molecule has 1 unspecified atom stereocenters. The zero-order valence-corrected chi connectivity index (χ0v) is 16.3. The summed E-state index contributed by atoms with van der Waals surface area (Å²) in [7, 11) is 0. The predicted molar refractivity (Wildman–Crippen MR) is 108 cm³/mol. The number of ether oxygens (including phenoxy) is 1. The summed E-state index contributed by atoms with van der Waals surface area (Å²) in [5.74, 6) is 0.284. The van der Waals surface area contributed by atoms with E-state index in [2.05, 4.69) is 5.10 Å². The van der Waals surface area contributed by atoms with Crippen molar-refractivity contribution < 1.29 is 18.7 Å². The van der Waals surface area contributed by atoms with Crippen molar-refractivity contribution in [3.05, 3.63) is 72.3 Å². The standard InChI is InChI=1S/C23H20FN3O3/c24-18-7-5-16(6-8-18)17-12-25-27(13-17)14-22(29)26-10-9-23(15-26)11-20(28)19-3-1-2-4-21(19)30-23/h1-8,12-13H,9-11,14-15H2. The molecule has 1 aromatic heterocycles. The molecular formula is C23H20FN3O3. The van der Waals surface area contributed by atoms with Crippen molar-refractivity contribution in [3.8, 4) is 16.9 Å². The Morgan fingerprint density at radius 3 is 2.77 bits per heavy atom. The molecule has 0 saturated carbocycles. The molecule has 1 fully saturated rings. The number of ketones is 1. The molecule has 2 aliphatic rings. The summed E-state index contributed by atoms with van der Waals surface area (Å²) < 4.78 is 20.9. The number of amides is 1. The molecule has 7 heteroatoms. The van der Waals surface area contributed by atoms with E-state index in [1.165, 1.54) is 12.1 Å². The number of carbonyl (C=O) groups is 2. The molecule has 0 N–H and O–H groups in total. The summed E-state index contributed by atoms with van der Waals surface area (Å²) in [6.07, 6.45) is 4.34. The van der Waals surface area contributed by atoms with Crippen molar-refractivity contribution in [1.29, 1.82) is 0 Å². The zero-order valence-electron chi connectivity index (χ0n) is 16.3. The van der Waals surface area contributed by atoms with Crippen molar-refractivity contribution >= 4 is 11.7 Å². The summed E-state index contributed by atoms with van der Waals surface area (Å²) in [4.78, 5) is 27.1. The fourth-order valence-corrected chi connectivity index (χ4v) is 4.21. The van der Waals surface area contributed by atoms with E-state index in [1.807, 2.05) is 12.1 Å². The highest BCUT2D eigenvalue weighted by molar-refractivity contribution is 6.00. The van der Waals surface area contributed by atoms with E-state index in [1.54, 1.807) is 46.2 Å². The fourth-order valence-electron chi connectivity index (χ4n) is 4.21. The van der Waals surface area contributed by atoms with E-state index >= 15 is 0 Å². The Morgan fingerprint density at radius 2 is 1.93 bits per heavy atom. The molecule has 6 nitrogen and oxygen atoms in total. The molecule has 1 amide bonds. The van der Waals surface area contributed by atoms with Crippen LogP contribution in [0.2, 0.25) is 0 Å². The van der Waals surface area contributed by atoms with Crippen LogP contribution in [0.5, 0.6) is 5.75 Å². The highest BCUT2D eigenvalue weighted by atomic mass is 19.1. The predicted octanol–water partition coefficient (Wildman–Crippen LogP) is 3.33. The Morgan fingerprint density at radius 1 is 1.13 bits per heavy atom. The molecular weight excluding hydrogens is 385 g/mol. The van der Waals surface area contributed by atoms with Gasteiger partial charge >= 0.3 is 0 Å². The summed E-state index contributed by atoms with van der Waals surface area (Å²) in [6, 6.07) is 13.4. The number of aromatic nitrogens is 2. The minimum atomic E-state index is -0.648. The molecule has 1 spiro atoms. The second-order valence-corrected chi connectivity index (χ2v) is 7.88. The number of carbonyl (C=O) groups excluding carboxylic acids is 2. The van der Waals surface area contributed by atoms with Crippen LogP contribution in [0.25, 0.3) is 11.1 Å². The second-order valence-electron chi connectivity index (χ2n) is 7.88. The molecule has 2 aliphatic heterocycles. The van der Waals surface area contributed by atoms with Gasteiger partial charge in [0.1, 0.15) is 23.7 Å². The van der Waals surface area contributed by atoms with Crippen LogP contribution in [-0.2, 0) is 11.3 Å². The first-order valence-corrected chi connectivity index (χ1v) is 9.89. The number of Topliss-reactive ketones (excluding diaryl/α,β-unsaturated/α-hetero) is 1. The van der Waals surface area contributed by atoms with Gasteiger partial charge in [0.2, 0.25) is 5.91 Å². The van der Waals surface area contributed by atoms with Gasteiger partial charge in [-0.25, -0.2) is 4.39 Å². The molecule has 2 aromatic carbocycles. The molecule has 1 atom stereocenters. The number of benzene rings is 2. The van der Waals surface area contributed by atoms with Gasteiger partial charge in [-0.1, -0.05) is 24.3 Å². The topological polar surface area (TPSA) is 64.4 Å². The number of nitrogens with zero attached hydrogens (tertiary/aromatic N) is 3. The first-order chi connectivity index (χ1) is 14.5. The first kappa shape index (κ1) is 18.5. The van der Waals surface area contributed by atoms with Crippen molar-refractivity contribution in [2.24, 2.45) is 0 Å². The maximum atomic E-state index is 13.1. The lowest BCUT2D eigenvalue weighted by Crippen LogP contribution is -2.45. The third-order valence-electron chi connectivity index (χ3n) is 5.77. The maximum absolute atomic E-state index is 13.1. The summed E-state index contributed by atoms with van der Waals surface area (Å²) in [6.45, 7) is 1.03. The van der Waals surface area contributed by atoms with E-state index in [0.717, 1.165) is 11.1 Å². The van der Waals surface area contributed by atoms with Crippen LogP contribution >= 0.6 is 0 Å². The van der Waals surface area contributed by atoms with E-state index in [4.69, 9.17) is 4.74 Å². The number of likely N-dealkylation sites (tertiary alicyclic amines) is 1. The molecule has 152 valence electrons. The lowest BCUT2D eigenvalue weighted by molar-refractivity contribution is -0.131. The summed E-state index contributed by atoms with van der Waals surface area (Å²) in [5, 5.41) is 4.26. The average molecular weight is 405 g/mol. The van der Waals surface area contributed by atoms with Gasteiger partial charge in [-0.3, -0.25) is 14.3 Å². The average Bonchev–Trinajstić information content (AvgIpc) is 3.36. The Labute approximate surface area is 172 Å². The Bertz CT molecular complexity index is 1120. The van der Waals surface area contributed by atoms with Crippen molar-refractivity contribution in [3.63, 3.8) is 0 Å². The Hall–Kier alpha value is -3.48. The van der Waals surface area contributed by atoms with Crippen LogP contribution < -0.4 is 4.74 Å². The smallest absolute Gasteiger partial charge is 0.244 e. The zero-order chi connectivity index (χ0) is 20.7. The van der Waals surface area contributed by atoms with Gasteiger partial charge in [0.15, 0.2) is 5.78 Å². The highest BCUT2D eigenvalue weighted by Gasteiger charge is 2.46. The third kappa shape index (κ3) is 3.36. The van der Waals surface area contributed by atoms with Crippen LogP contribution in [0.3, 0.4) is 0 Å². The summed E-state index contributed by atoms with van der Waals surface area (Å²) >= 11 is 0. The molecule has 0 radical (unpaired) electrons. The van der Waals surface area contributed by atoms with E-state index in [9.17, 15) is 14.0 Å². The maximum Gasteiger partial charge on any atom is 0.244 e. The Kier molecular flexibility index (Phi) is 4.38. The van der Waals surface area contributed by atoms with Crippen LogP contribution in [0, 0.1) is 5.82 Å². The van der Waals surface area contributed by atoms with Crippen LogP contribution in [0.15, 0.2) is 60.9 Å². The fraction of sp³-hybridized carbons (Fsp3) is 0.261. The van der Waals surface area contributed by atoms with E-state index in [-0.39, 0.29) is 30.5 Å². The first-order valence-electron chi connectivity index (χ1n) is 9.89. The van der Waals surface area contributed by atoms with Crippen molar-refractivity contribution in [2.45, 2.75) is 25.0 Å². The number of hydrogen-bond acceptors (Lipinski definition) is 4. The molecule has 0 bridgehead atoms. The third-order valence-corrected chi connectivity index (χ3v) is 5.77. The van der Waals surface area contributed by atoms with Gasteiger partial charge in [0.05, 0.1) is 24.7 Å². The largest absolute Gasteiger partial charge is 0.484 e.